The lowest BCUT2D eigenvalue weighted by atomic mass is 9.94. The zero-order valence-electron chi connectivity index (χ0n) is 25.8. The highest BCUT2D eigenvalue weighted by atomic mass is 16.5. The minimum atomic E-state index is -0.702. The van der Waals surface area contributed by atoms with Gasteiger partial charge >= 0.3 is 11.9 Å². The summed E-state index contributed by atoms with van der Waals surface area (Å²) in [6.07, 6.45) is 33.2. The molecule has 0 fully saturated rings. The summed E-state index contributed by atoms with van der Waals surface area (Å²) in [5, 5.41) is 8.77. The van der Waals surface area contributed by atoms with Gasteiger partial charge in [-0.1, -0.05) is 162 Å². The van der Waals surface area contributed by atoms with Gasteiger partial charge in [0.25, 0.3) is 0 Å². The summed E-state index contributed by atoms with van der Waals surface area (Å²) in [5.41, 5.74) is 0. The van der Waals surface area contributed by atoms with Gasteiger partial charge < -0.3 is 9.84 Å². The van der Waals surface area contributed by atoms with Crippen LogP contribution in [0.3, 0.4) is 0 Å². The molecular formula is C34H66O4. The Bertz CT molecular complexity index is 505. The van der Waals surface area contributed by atoms with E-state index < -0.39 is 5.97 Å². The number of ether oxygens (including phenoxy) is 1. The van der Waals surface area contributed by atoms with Crippen molar-refractivity contribution in [1.29, 1.82) is 0 Å². The zero-order chi connectivity index (χ0) is 27.9. The summed E-state index contributed by atoms with van der Waals surface area (Å²) in [6.45, 7) is 5.11. The molecule has 4 heteroatoms. The van der Waals surface area contributed by atoms with Crippen LogP contribution in [0.2, 0.25) is 0 Å². The molecule has 0 aromatic heterocycles. The first kappa shape index (κ1) is 36.9. The number of carboxylic acid groups (broad SMARTS) is 1. The molecule has 0 spiro atoms. The summed E-state index contributed by atoms with van der Waals surface area (Å²) in [5.74, 6) is -0.624. The highest BCUT2D eigenvalue weighted by Gasteiger charge is 2.19. The van der Waals surface area contributed by atoms with Gasteiger partial charge in [0.15, 0.2) is 0 Å². The fraction of sp³-hybridized carbons (Fsp3) is 0.941. The topological polar surface area (TPSA) is 63.6 Å². The molecule has 1 atom stereocenters. The van der Waals surface area contributed by atoms with E-state index in [0.717, 1.165) is 57.8 Å². The largest absolute Gasteiger partial charge is 0.481 e. The van der Waals surface area contributed by atoms with Crippen molar-refractivity contribution in [3.63, 3.8) is 0 Å². The lowest BCUT2D eigenvalue weighted by Gasteiger charge is -2.16. The van der Waals surface area contributed by atoms with Gasteiger partial charge in [0.1, 0.15) is 0 Å². The summed E-state index contributed by atoms with van der Waals surface area (Å²) in [6, 6.07) is 0. The second kappa shape index (κ2) is 30.5. The van der Waals surface area contributed by atoms with Gasteiger partial charge in [-0.2, -0.15) is 0 Å². The van der Waals surface area contributed by atoms with E-state index in [0.29, 0.717) is 6.61 Å². The molecule has 1 N–H and O–H groups in total. The summed E-state index contributed by atoms with van der Waals surface area (Å²) < 4.78 is 5.74. The molecule has 0 aliphatic carbocycles. The molecule has 0 saturated carbocycles. The van der Waals surface area contributed by atoms with Crippen molar-refractivity contribution < 1.29 is 19.4 Å². The third kappa shape index (κ3) is 28.0. The maximum absolute atomic E-state index is 12.8. The van der Waals surface area contributed by atoms with E-state index in [4.69, 9.17) is 9.84 Å². The van der Waals surface area contributed by atoms with Crippen molar-refractivity contribution in [3.8, 4) is 0 Å². The zero-order valence-corrected chi connectivity index (χ0v) is 25.8. The standard InChI is InChI=1S/C34H66O4/c1-3-5-7-9-11-13-15-17-20-24-28-32(29-25-21-19-22-26-30-33(35)36)34(37)38-31-27-23-18-16-14-12-10-8-6-4-2/h32H,3-31H2,1-2H3,(H,35,36). The van der Waals surface area contributed by atoms with Crippen molar-refractivity contribution in [3.05, 3.63) is 0 Å². The van der Waals surface area contributed by atoms with Crippen LogP contribution < -0.4 is 0 Å². The fourth-order valence-electron chi connectivity index (χ4n) is 5.34. The molecule has 226 valence electrons. The Morgan fingerprint density at radius 2 is 0.842 bits per heavy atom. The molecule has 4 nitrogen and oxygen atoms in total. The van der Waals surface area contributed by atoms with Gasteiger partial charge in [0, 0.05) is 6.42 Å². The summed E-state index contributed by atoms with van der Waals surface area (Å²) >= 11 is 0. The van der Waals surface area contributed by atoms with E-state index in [2.05, 4.69) is 13.8 Å². The molecule has 1 unspecified atom stereocenters. The molecule has 38 heavy (non-hydrogen) atoms. The number of carboxylic acids is 1. The second-order valence-electron chi connectivity index (χ2n) is 11.7. The van der Waals surface area contributed by atoms with Gasteiger partial charge in [0.05, 0.1) is 12.5 Å². The number of aliphatic carboxylic acids is 1. The summed E-state index contributed by atoms with van der Waals surface area (Å²) in [7, 11) is 0. The fourth-order valence-corrected chi connectivity index (χ4v) is 5.34. The Balaban J connectivity index is 4.05. The normalized spacial score (nSPS) is 12.1. The van der Waals surface area contributed by atoms with E-state index in [-0.39, 0.29) is 18.3 Å². The number of esters is 1. The van der Waals surface area contributed by atoms with Gasteiger partial charge in [-0.05, 0) is 25.7 Å². The van der Waals surface area contributed by atoms with E-state index in [1.165, 1.54) is 116 Å². The van der Waals surface area contributed by atoms with Crippen molar-refractivity contribution in [2.45, 2.75) is 194 Å². The van der Waals surface area contributed by atoms with Crippen LogP contribution in [0.1, 0.15) is 194 Å². The SMILES string of the molecule is CCCCCCCCCCCCOC(=O)C(CCCCCCCCCCCC)CCCCCCCC(=O)O. The molecule has 0 aliphatic heterocycles. The molecule has 0 saturated heterocycles. The van der Waals surface area contributed by atoms with E-state index in [1.807, 2.05) is 0 Å². The quantitative estimate of drug-likeness (QED) is 0.0704. The Morgan fingerprint density at radius 3 is 1.24 bits per heavy atom. The third-order valence-electron chi connectivity index (χ3n) is 7.92. The molecule has 0 rings (SSSR count). The Kier molecular flexibility index (Phi) is 29.6. The first-order chi connectivity index (χ1) is 18.6. The number of rotatable bonds is 31. The van der Waals surface area contributed by atoms with Crippen molar-refractivity contribution in [2.75, 3.05) is 6.61 Å². The van der Waals surface area contributed by atoms with E-state index >= 15 is 0 Å². The first-order valence-corrected chi connectivity index (χ1v) is 17.0. The number of carbonyl (C=O) groups is 2. The van der Waals surface area contributed by atoms with Crippen LogP contribution in [0.15, 0.2) is 0 Å². The highest BCUT2D eigenvalue weighted by Crippen LogP contribution is 2.21. The molecule has 0 amide bonds. The van der Waals surface area contributed by atoms with Gasteiger partial charge in [0.2, 0.25) is 0 Å². The highest BCUT2D eigenvalue weighted by molar-refractivity contribution is 5.72. The molecule has 0 heterocycles. The van der Waals surface area contributed by atoms with Crippen LogP contribution in [0.4, 0.5) is 0 Å². The van der Waals surface area contributed by atoms with Crippen LogP contribution in [-0.4, -0.2) is 23.7 Å². The predicted octanol–water partition coefficient (Wildman–Crippen LogP) is 11.2. The Hall–Kier alpha value is -1.06. The first-order valence-electron chi connectivity index (χ1n) is 17.0. The van der Waals surface area contributed by atoms with Crippen LogP contribution >= 0.6 is 0 Å². The van der Waals surface area contributed by atoms with Gasteiger partial charge in [-0.15, -0.1) is 0 Å². The molecule has 0 bridgehead atoms. The number of hydrogen-bond donors (Lipinski definition) is 1. The van der Waals surface area contributed by atoms with Crippen LogP contribution in [0.5, 0.6) is 0 Å². The second-order valence-corrected chi connectivity index (χ2v) is 11.7. The smallest absolute Gasteiger partial charge is 0.308 e. The van der Waals surface area contributed by atoms with Gasteiger partial charge in [-0.3, -0.25) is 9.59 Å². The molecule has 0 radical (unpaired) electrons. The maximum atomic E-state index is 12.8. The summed E-state index contributed by atoms with van der Waals surface area (Å²) in [4.78, 5) is 23.5. The van der Waals surface area contributed by atoms with Crippen molar-refractivity contribution in [2.24, 2.45) is 5.92 Å². The monoisotopic (exact) mass is 538 g/mol. The van der Waals surface area contributed by atoms with Gasteiger partial charge in [-0.25, -0.2) is 0 Å². The van der Waals surface area contributed by atoms with Crippen molar-refractivity contribution in [1.82, 2.24) is 0 Å². The lowest BCUT2D eigenvalue weighted by molar-refractivity contribution is -0.149. The Labute approximate surface area is 237 Å². The minimum Gasteiger partial charge on any atom is -0.481 e. The van der Waals surface area contributed by atoms with E-state index in [9.17, 15) is 9.59 Å². The van der Waals surface area contributed by atoms with E-state index in [1.54, 1.807) is 0 Å². The van der Waals surface area contributed by atoms with Crippen molar-refractivity contribution >= 4 is 11.9 Å². The molecular weight excluding hydrogens is 472 g/mol. The van der Waals surface area contributed by atoms with Crippen LogP contribution in [-0.2, 0) is 14.3 Å². The molecule has 0 aliphatic rings. The van der Waals surface area contributed by atoms with Crippen LogP contribution in [0, 0.1) is 5.92 Å². The number of hydrogen-bond acceptors (Lipinski definition) is 3. The van der Waals surface area contributed by atoms with Crippen LogP contribution in [0.25, 0.3) is 0 Å². The average Bonchev–Trinajstić information content (AvgIpc) is 2.90. The predicted molar refractivity (Wildman–Crippen MR) is 163 cm³/mol. The molecule has 0 aromatic rings. The molecule has 0 aromatic carbocycles. The Morgan fingerprint density at radius 1 is 0.500 bits per heavy atom. The average molecular weight is 539 g/mol. The minimum absolute atomic E-state index is 0.0303. The number of unbranched alkanes of at least 4 members (excludes halogenated alkanes) is 22. The third-order valence-corrected chi connectivity index (χ3v) is 7.92. The maximum Gasteiger partial charge on any atom is 0.308 e. The number of carbonyl (C=O) groups excluding carboxylic acids is 1. The lowest BCUT2D eigenvalue weighted by Crippen LogP contribution is -2.18.